The van der Waals surface area contributed by atoms with Gasteiger partial charge in [-0.05, 0) is 60.0 Å². The van der Waals surface area contributed by atoms with Gasteiger partial charge in [0.2, 0.25) is 0 Å². The van der Waals surface area contributed by atoms with Crippen molar-refractivity contribution in [1.29, 1.82) is 0 Å². The smallest absolute Gasteiger partial charge is 0.193 e. The van der Waals surface area contributed by atoms with Crippen molar-refractivity contribution < 1.29 is 0 Å². The van der Waals surface area contributed by atoms with Gasteiger partial charge in [0, 0.05) is 29.9 Å². The zero-order valence-electron chi connectivity index (χ0n) is 13.7. The molecule has 0 saturated carbocycles. The molecule has 4 rings (SSSR count). The van der Waals surface area contributed by atoms with E-state index in [4.69, 9.17) is 5.73 Å². The Morgan fingerprint density at radius 3 is 2.88 bits per heavy atom. The number of benzene rings is 2. The third-order valence-electron chi connectivity index (χ3n) is 4.62. The number of aromatic nitrogens is 1. The SMILES string of the molecule is NC(=NCCc1cc2ccccc2[nH]1)Nc1ccc2c(c1)CCC2. The molecule has 1 aliphatic carbocycles. The number of H-pyrrole nitrogens is 1. The lowest BCUT2D eigenvalue weighted by molar-refractivity contribution is 0.912. The molecule has 4 nitrogen and oxygen atoms in total. The summed E-state index contributed by atoms with van der Waals surface area (Å²) in [5, 5.41) is 4.44. The molecule has 1 aromatic heterocycles. The van der Waals surface area contributed by atoms with Crippen LogP contribution in [0.25, 0.3) is 10.9 Å². The molecule has 24 heavy (non-hydrogen) atoms. The van der Waals surface area contributed by atoms with Gasteiger partial charge in [0.05, 0.1) is 0 Å². The van der Waals surface area contributed by atoms with E-state index in [9.17, 15) is 0 Å². The van der Waals surface area contributed by atoms with Crippen LogP contribution in [0.2, 0.25) is 0 Å². The van der Waals surface area contributed by atoms with Crippen LogP contribution in [0.1, 0.15) is 23.2 Å². The van der Waals surface area contributed by atoms with Gasteiger partial charge in [-0.25, -0.2) is 0 Å². The Balaban J connectivity index is 1.37. The van der Waals surface area contributed by atoms with Crippen LogP contribution in [-0.2, 0) is 19.3 Å². The summed E-state index contributed by atoms with van der Waals surface area (Å²) in [5.41, 5.74) is 12.3. The molecule has 0 bridgehead atoms. The topological polar surface area (TPSA) is 66.2 Å². The van der Waals surface area contributed by atoms with Crippen molar-refractivity contribution in [3.63, 3.8) is 0 Å². The molecule has 1 aliphatic rings. The first-order chi connectivity index (χ1) is 11.8. The summed E-state index contributed by atoms with van der Waals surface area (Å²) >= 11 is 0. The summed E-state index contributed by atoms with van der Waals surface area (Å²) in [4.78, 5) is 7.86. The number of fused-ring (bicyclic) bond motifs is 2. The number of hydrogen-bond acceptors (Lipinski definition) is 1. The van der Waals surface area contributed by atoms with Crippen LogP contribution < -0.4 is 11.1 Å². The summed E-state index contributed by atoms with van der Waals surface area (Å²) in [6.07, 6.45) is 4.47. The number of hydrogen-bond donors (Lipinski definition) is 3. The first-order valence-electron chi connectivity index (χ1n) is 8.53. The molecule has 4 heteroatoms. The number of aryl methyl sites for hydroxylation is 2. The maximum atomic E-state index is 6.02. The molecule has 0 atom stereocenters. The molecule has 0 aliphatic heterocycles. The molecule has 122 valence electrons. The van der Waals surface area contributed by atoms with Gasteiger partial charge in [-0.2, -0.15) is 0 Å². The third kappa shape index (κ3) is 3.13. The fourth-order valence-corrected chi connectivity index (χ4v) is 3.40. The number of aliphatic imine (C=N–C) groups is 1. The highest BCUT2D eigenvalue weighted by Gasteiger charge is 2.10. The highest BCUT2D eigenvalue weighted by molar-refractivity contribution is 5.92. The highest BCUT2D eigenvalue weighted by Crippen LogP contribution is 2.24. The predicted octanol–water partition coefficient (Wildman–Crippen LogP) is 3.63. The van der Waals surface area contributed by atoms with Crippen molar-refractivity contribution in [3.05, 3.63) is 65.4 Å². The van der Waals surface area contributed by atoms with Crippen molar-refractivity contribution in [2.45, 2.75) is 25.7 Å². The molecule has 2 aromatic carbocycles. The number of rotatable bonds is 4. The van der Waals surface area contributed by atoms with Crippen LogP contribution in [0.3, 0.4) is 0 Å². The Kier molecular flexibility index (Phi) is 3.95. The minimum Gasteiger partial charge on any atom is -0.370 e. The number of para-hydroxylation sites is 1. The van der Waals surface area contributed by atoms with Gasteiger partial charge in [-0.3, -0.25) is 4.99 Å². The number of guanidine groups is 1. The Labute approximate surface area is 141 Å². The van der Waals surface area contributed by atoms with Crippen molar-refractivity contribution >= 4 is 22.5 Å². The second-order valence-electron chi connectivity index (χ2n) is 6.36. The summed E-state index contributed by atoms with van der Waals surface area (Å²) in [5.74, 6) is 0.476. The van der Waals surface area contributed by atoms with Gasteiger partial charge in [0.25, 0.3) is 0 Å². The number of aromatic amines is 1. The number of nitrogens with two attached hydrogens (primary N) is 1. The number of nitrogens with one attached hydrogen (secondary N) is 2. The minimum absolute atomic E-state index is 0.476. The van der Waals surface area contributed by atoms with E-state index in [-0.39, 0.29) is 0 Å². The van der Waals surface area contributed by atoms with Crippen molar-refractivity contribution in [2.75, 3.05) is 11.9 Å². The fourth-order valence-electron chi connectivity index (χ4n) is 3.40. The van der Waals surface area contributed by atoms with Crippen molar-refractivity contribution in [2.24, 2.45) is 10.7 Å². The van der Waals surface area contributed by atoms with Gasteiger partial charge < -0.3 is 16.0 Å². The Hall–Kier alpha value is -2.75. The molecule has 0 fully saturated rings. The normalized spacial score (nSPS) is 14.1. The first-order valence-corrected chi connectivity index (χ1v) is 8.53. The van der Waals surface area contributed by atoms with E-state index < -0.39 is 0 Å². The van der Waals surface area contributed by atoms with Crippen molar-refractivity contribution in [3.8, 4) is 0 Å². The zero-order valence-corrected chi connectivity index (χ0v) is 13.7. The standard InChI is InChI=1S/C20H22N4/c21-20(24-17-9-8-14-5-3-6-15(14)12-17)22-11-10-18-13-16-4-1-2-7-19(16)23-18/h1-2,4,7-9,12-13,23H,3,5-6,10-11H2,(H3,21,22,24). The minimum atomic E-state index is 0.476. The highest BCUT2D eigenvalue weighted by atomic mass is 15.1. The van der Waals surface area contributed by atoms with E-state index in [2.05, 4.69) is 57.8 Å². The third-order valence-corrected chi connectivity index (χ3v) is 4.62. The second-order valence-corrected chi connectivity index (χ2v) is 6.36. The Bertz CT molecular complexity index is 859. The monoisotopic (exact) mass is 318 g/mol. The van der Waals surface area contributed by atoms with Crippen LogP contribution in [0.15, 0.2) is 53.5 Å². The van der Waals surface area contributed by atoms with Gasteiger partial charge in [-0.1, -0.05) is 24.3 Å². The van der Waals surface area contributed by atoms with E-state index in [0.29, 0.717) is 12.5 Å². The molecular formula is C20H22N4. The summed E-state index contributed by atoms with van der Waals surface area (Å²) in [7, 11) is 0. The lowest BCUT2D eigenvalue weighted by Crippen LogP contribution is -2.23. The average Bonchev–Trinajstić information content (AvgIpc) is 3.20. The van der Waals surface area contributed by atoms with Crippen LogP contribution in [-0.4, -0.2) is 17.5 Å². The van der Waals surface area contributed by atoms with Crippen LogP contribution >= 0.6 is 0 Å². The van der Waals surface area contributed by atoms with E-state index >= 15 is 0 Å². The Morgan fingerprint density at radius 2 is 1.96 bits per heavy atom. The molecule has 1 heterocycles. The summed E-state index contributed by atoms with van der Waals surface area (Å²) in [6, 6.07) is 17.0. The molecular weight excluding hydrogens is 296 g/mol. The van der Waals surface area contributed by atoms with Crippen LogP contribution in [0, 0.1) is 0 Å². The Morgan fingerprint density at radius 1 is 1.08 bits per heavy atom. The van der Waals surface area contributed by atoms with E-state index in [1.807, 2.05) is 6.07 Å². The van der Waals surface area contributed by atoms with Crippen LogP contribution in [0.4, 0.5) is 5.69 Å². The van der Waals surface area contributed by atoms with E-state index in [0.717, 1.165) is 12.1 Å². The maximum Gasteiger partial charge on any atom is 0.193 e. The van der Waals surface area contributed by atoms with Crippen LogP contribution in [0.5, 0.6) is 0 Å². The van der Waals surface area contributed by atoms with Gasteiger partial charge in [-0.15, -0.1) is 0 Å². The predicted molar refractivity (Wildman–Crippen MR) is 101 cm³/mol. The fraction of sp³-hybridized carbons (Fsp3) is 0.250. The molecule has 0 amide bonds. The molecule has 4 N–H and O–H groups in total. The van der Waals surface area contributed by atoms with Crippen molar-refractivity contribution in [1.82, 2.24) is 4.98 Å². The maximum absolute atomic E-state index is 6.02. The van der Waals surface area contributed by atoms with E-state index in [1.54, 1.807) is 0 Å². The average molecular weight is 318 g/mol. The molecule has 0 unspecified atom stereocenters. The molecule has 3 aromatic rings. The largest absolute Gasteiger partial charge is 0.370 e. The zero-order chi connectivity index (χ0) is 16.4. The number of anilines is 1. The lowest BCUT2D eigenvalue weighted by atomic mass is 10.1. The molecule has 0 spiro atoms. The second kappa shape index (κ2) is 6.40. The van der Waals surface area contributed by atoms with Gasteiger partial charge >= 0.3 is 0 Å². The van der Waals surface area contributed by atoms with Gasteiger partial charge in [0.15, 0.2) is 5.96 Å². The van der Waals surface area contributed by atoms with E-state index in [1.165, 1.54) is 47.0 Å². The quantitative estimate of drug-likeness (QED) is 0.508. The number of nitrogens with zero attached hydrogens (tertiary/aromatic N) is 1. The van der Waals surface area contributed by atoms with Gasteiger partial charge in [0.1, 0.15) is 0 Å². The summed E-state index contributed by atoms with van der Waals surface area (Å²) < 4.78 is 0. The molecule has 0 saturated heterocycles. The summed E-state index contributed by atoms with van der Waals surface area (Å²) in [6.45, 7) is 0.663. The first kappa shape index (κ1) is 14.8. The lowest BCUT2D eigenvalue weighted by Gasteiger charge is -2.07. The molecule has 0 radical (unpaired) electrons.